The van der Waals surface area contributed by atoms with Crippen LogP contribution in [0, 0.1) is 0 Å². The minimum Gasteiger partial charge on any atom is -0.450 e. The summed E-state index contributed by atoms with van der Waals surface area (Å²) in [6, 6.07) is 8.98. The van der Waals surface area contributed by atoms with E-state index in [9.17, 15) is 4.79 Å². The minimum atomic E-state index is -0.226. The van der Waals surface area contributed by atoms with Crippen molar-refractivity contribution in [2.24, 2.45) is 0 Å². The number of hydrogen-bond donors (Lipinski definition) is 1. The summed E-state index contributed by atoms with van der Waals surface area (Å²) in [4.78, 5) is 11.9. The summed E-state index contributed by atoms with van der Waals surface area (Å²) in [5.41, 5.74) is 0.861. The average molecular weight is 343 g/mol. The van der Waals surface area contributed by atoms with Crippen LogP contribution in [0.2, 0.25) is 5.02 Å². The number of benzene rings is 1. The van der Waals surface area contributed by atoms with Gasteiger partial charge in [-0.15, -0.1) is 0 Å². The molecule has 0 saturated carbocycles. The lowest BCUT2D eigenvalue weighted by molar-refractivity contribution is 0.0916. The van der Waals surface area contributed by atoms with Gasteiger partial charge in [0.15, 0.2) is 5.76 Å². The molecule has 2 rings (SSSR count). The maximum Gasteiger partial charge on any atom is 0.287 e. The number of furan rings is 1. The first-order valence-electron chi connectivity index (χ1n) is 5.83. The van der Waals surface area contributed by atoms with Gasteiger partial charge in [-0.1, -0.05) is 11.6 Å². The number of amides is 1. The predicted octanol–water partition coefficient (Wildman–Crippen LogP) is 4.50. The second kappa shape index (κ2) is 5.80. The molecule has 0 aliphatic heterocycles. The van der Waals surface area contributed by atoms with Gasteiger partial charge in [0.1, 0.15) is 5.76 Å². The van der Waals surface area contributed by atoms with Gasteiger partial charge < -0.3 is 9.73 Å². The molecule has 0 unspecified atom stereocenters. The third-order valence-corrected chi connectivity index (χ3v) is 3.28. The quantitative estimate of drug-likeness (QED) is 0.892. The second-order valence-corrected chi connectivity index (χ2v) is 5.71. The molecule has 0 aliphatic rings. The van der Waals surface area contributed by atoms with Crippen LogP contribution in [0.25, 0.3) is 11.3 Å². The Kier molecular flexibility index (Phi) is 4.32. The van der Waals surface area contributed by atoms with Crippen molar-refractivity contribution in [1.29, 1.82) is 0 Å². The number of rotatable bonds is 3. The molecule has 1 aromatic heterocycles. The van der Waals surface area contributed by atoms with Crippen LogP contribution < -0.4 is 5.32 Å². The van der Waals surface area contributed by atoms with Crippen molar-refractivity contribution < 1.29 is 9.21 Å². The van der Waals surface area contributed by atoms with Gasteiger partial charge in [0, 0.05) is 22.7 Å². The van der Waals surface area contributed by atoms with E-state index < -0.39 is 0 Å². The molecule has 100 valence electrons. The van der Waals surface area contributed by atoms with Crippen LogP contribution in [-0.2, 0) is 0 Å². The highest BCUT2D eigenvalue weighted by Gasteiger charge is 2.17. The summed E-state index contributed by atoms with van der Waals surface area (Å²) < 4.78 is 6.34. The number of nitrogens with one attached hydrogen (secondary N) is 1. The predicted molar refractivity (Wildman–Crippen MR) is 79.5 cm³/mol. The molecule has 1 amide bonds. The zero-order valence-corrected chi connectivity index (χ0v) is 12.9. The Bertz CT molecular complexity index is 590. The van der Waals surface area contributed by atoms with Crippen LogP contribution >= 0.6 is 27.5 Å². The fourth-order valence-electron chi connectivity index (χ4n) is 1.61. The van der Waals surface area contributed by atoms with E-state index in [0.29, 0.717) is 10.8 Å². The molecule has 19 heavy (non-hydrogen) atoms. The molecule has 0 radical (unpaired) electrons. The van der Waals surface area contributed by atoms with Crippen molar-refractivity contribution in [1.82, 2.24) is 5.32 Å². The Hall–Kier alpha value is -1.26. The van der Waals surface area contributed by atoms with Crippen molar-refractivity contribution in [3.05, 3.63) is 45.6 Å². The third-order valence-electron chi connectivity index (χ3n) is 2.44. The van der Waals surface area contributed by atoms with E-state index >= 15 is 0 Å². The molecular formula is C14H13BrClNO2. The van der Waals surface area contributed by atoms with Gasteiger partial charge in [-0.2, -0.15) is 0 Å². The lowest BCUT2D eigenvalue weighted by Crippen LogP contribution is -2.29. The summed E-state index contributed by atoms with van der Waals surface area (Å²) in [5, 5.41) is 3.44. The lowest BCUT2D eigenvalue weighted by Gasteiger charge is -2.05. The maximum absolute atomic E-state index is 11.9. The van der Waals surface area contributed by atoms with Crippen molar-refractivity contribution in [3.8, 4) is 11.3 Å². The molecule has 0 fully saturated rings. The van der Waals surface area contributed by atoms with E-state index in [2.05, 4.69) is 21.2 Å². The van der Waals surface area contributed by atoms with Gasteiger partial charge >= 0.3 is 0 Å². The molecule has 3 nitrogen and oxygen atoms in total. The zero-order valence-electron chi connectivity index (χ0n) is 10.5. The first kappa shape index (κ1) is 14.2. The summed E-state index contributed by atoms with van der Waals surface area (Å²) in [6.45, 7) is 3.80. The molecule has 1 N–H and O–H groups in total. The van der Waals surface area contributed by atoms with Crippen LogP contribution in [0.15, 0.2) is 39.2 Å². The van der Waals surface area contributed by atoms with Gasteiger partial charge in [-0.05, 0) is 54.0 Å². The second-order valence-electron chi connectivity index (χ2n) is 4.42. The topological polar surface area (TPSA) is 42.2 Å². The first-order chi connectivity index (χ1) is 8.97. The van der Waals surface area contributed by atoms with Crippen LogP contribution in [0.5, 0.6) is 0 Å². The Morgan fingerprint density at radius 3 is 2.53 bits per heavy atom. The summed E-state index contributed by atoms with van der Waals surface area (Å²) in [5.74, 6) is 0.673. The van der Waals surface area contributed by atoms with E-state index in [1.165, 1.54) is 0 Å². The number of carbonyl (C=O) groups is 1. The van der Waals surface area contributed by atoms with Crippen LogP contribution in [-0.4, -0.2) is 11.9 Å². The zero-order chi connectivity index (χ0) is 14.0. The van der Waals surface area contributed by atoms with Crippen molar-refractivity contribution in [2.75, 3.05) is 0 Å². The van der Waals surface area contributed by atoms with Crippen LogP contribution in [0.1, 0.15) is 24.4 Å². The van der Waals surface area contributed by atoms with Crippen LogP contribution in [0.4, 0.5) is 0 Å². The van der Waals surface area contributed by atoms with Gasteiger partial charge in [-0.3, -0.25) is 4.79 Å². The van der Waals surface area contributed by atoms with Gasteiger partial charge in [0.2, 0.25) is 0 Å². The van der Waals surface area contributed by atoms with Crippen LogP contribution in [0.3, 0.4) is 0 Å². The molecule has 1 heterocycles. The normalized spacial score (nSPS) is 10.8. The Balaban J connectivity index is 2.31. The first-order valence-corrected chi connectivity index (χ1v) is 7.00. The fourth-order valence-corrected chi connectivity index (χ4v) is 2.26. The molecule has 5 heteroatoms. The van der Waals surface area contributed by atoms with Crippen molar-refractivity contribution >= 4 is 33.4 Å². The van der Waals surface area contributed by atoms with E-state index in [4.69, 9.17) is 16.0 Å². The lowest BCUT2D eigenvalue weighted by atomic mass is 10.2. The monoisotopic (exact) mass is 341 g/mol. The van der Waals surface area contributed by atoms with Crippen molar-refractivity contribution in [3.63, 3.8) is 0 Å². The smallest absolute Gasteiger partial charge is 0.287 e. The highest BCUT2D eigenvalue weighted by molar-refractivity contribution is 9.10. The molecule has 1 aromatic carbocycles. The number of carbonyl (C=O) groups excluding carboxylic acids is 1. The van der Waals surface area contributed by atoms with E-state index in [1.54, 1.807) is 18.2 Å². The largest absolute Gasteiger partial charge is 0.450 e. The third kappa shape index (κ3) is 3.39. The van der Waals surface area contributed by atoms with E-state index in [0.717, 1.165) is 10.0 Å². The Morgan fingerprint density at radius 1 is 1.32 bits per heavy atom. The summed E-state index contributed by atoms with van der Waals surface area (Å²) >= 11 is 9.25. The Morgan fingerprint density at radius 2 is 1.95 bits per heavy atom. The van der Waals surface area contributed by atoms with Gasteiger partial charge in [0.05, 0.1) is 4.47 Å². The fraction of sp³-hybridized carbons (Fsp3) is 0.214. The Labute approximate surface area is 125 Å². The molecule has 0 atom stereocenters. The number of halogens is 2. The number of hydrogen-bond acceptors (Lipinski definition) is 2. The molecular weight excluding hydrogens is 330 g/mol. The highest BCUT2D eigenvalue weighted by atomic mass is 79.9. The molecule has 0 aliphatic carbocycles. The molecule has 2 aromatic rings. The molecule has 0 saturated heterocycles. The standard InChI is InChI=1S/C14H13BrClNO2/c1-8(2)17-14(18)12-7-11(15)13(19-12)9-3-5-10(16)6-4-9/h3-8H,1-2H3,(H,17,18). The SMILES string of the molecule is CC(C)NC(=O)c1cc(Br)c(-c2ccc(Cl)cc2)o1. The maximum atomic E-state index is 11.9. The average Bonchev–Trinajstić information content (AvgIpc) is 2.72. The van der Waals surface area contributed by atoms with Gasteiger partial charge in [-0.25, -0.2) is 0 Å². The van der Waals surface area contributed by atoms with E-state index in [-0.39, 0.29) is 17.7 Å². The summed E-state index contributed by atoms with van der Waals surface area (Å²) in [7, 11) is 0. The summed E-state index contributed by atoms with van der Waals surface area (Å²) in [6.07, 6.45) is 0. The minimum absolute atomic E-state index is 0.0651. The van der Waals surface area contributed by atoms with E-state index in [1.807, 2.05) is 26.0 Å². The highest BCUT2D eigenvalue weighted by Crippen LogP contribution is 2.32. The van der Waals surface area contributed by atoms with Crippen molar-refractivity contribution in [2.45, 2.75) is 19.9 Å². The van der Waals surface area contributed by atoms with Gasteiger partial charge in [0.25, 0.3) is 5.91 Å². The molecule has 0 bridgehead atoms. The molecule has 0 spiro atoms.